The molecule has 3 heteroatoms. The smallest absolute Gasteiger partial charge is 0.0780 e. The van der Waals surface area contributed by atoms with Gasteiger partial charge in [-0.05, 0) is 24.6 Å². The Kier molecular flexibility index (Phi) is 17.4. The molecule has 2 nitrogen and oxygen atoms in total. The number of hydrogen-bond acceptors (Lipinski definition) is 1. The largest absolute Gasteiger partial charge is 0.331 e. The van der Waals surface area contributed by atoms with Crippen molar-refractivity contribution in [1.29, 1.82) is 0 Å². The molecule has 0 rings (SSSR count). The quantitative estimate of drug-likeness (QED) is 0.331. The molecular weight excluding hydrogens is 244 g/mol. The van der Waals surface area contributed by atoms with Gasteiger partial charge < -0.3 is 4.48 Å². The highest BCUT2D eigenvalue weighted by atomic mass is 35.5. The summed E-state index contributed by atoms with van der Waals surface area (Å²) in [5, 5.41) is 3.97. The Balaban J connectivity index is 0. The minimum Gasteiger partial charge on any atom is -0.331 e. The average Bonchev–Trinajstić information content (AvgIpc) is 2.33. The highest BCUT2D eigenvalue weighted by Crippen LogP contribution is 2.10. The van der Waals surface area contributed by atoms with Gasteiger partial charge in [0.1, 0.15) is 0 Å². The van der Waals surface area contributed by atoms with E-state index in [4.69, 9.17) is 0 Å². The molecule has 0 radical (unpaired) electrons. The highest BCUT2D eigenvalue weighted by molar-refractivity contribution is 6.11. The molecule has 0 aliphatic carbocycles. The fourth-order valence-corrected chi connectivity index (χ4v) is 2.07. The summed E-state index contributed by atoms with van der Waals surface area (Å²) in [5.74, 6) is 0. The summed E-state index contributed by atoms with van der Waals surface area (Å²) in [7, 11) is 6.86. The minimum absolute atomic E-state index is 1.12. The van der Waals surface area contributed by atoms with E-state index >= 15 is 0 Å². The van der Waals surface area contributed by atoms with Gasteiger partial charge in [-0.15, -0.1) is 0 Å². The molecule has 0 aliphatic rings. The van der Waals surface area contributed by atoms with Crippen LogP contribution in [0, 0.1) is 0 Å². The van der Waals surface area contributed by atoms with Crippen LogP contribution in [0.3, 0.4) is 0 Å². The highest BCUT2D eigenvalue weighted by Gasteiger charge is 2.04. The van der Waals surface area contributed by atoms with Gasteiger partial charge in [0, 0.05) is 0 Å². The Hall–Kier alpha value is 0.210. The molecule has 18 heavy (non-hydrogen) atoms. The minimum atomic E-state index is 1.12. The maximum Gasteiger partial charge on any atom is 0.0780 e. The van der Waals surface area contributed by atoms with E-state index in [1.807, 2.05) is 0 Å². The summed E-state index contributed by atoms with van der Waals surface area (Å²) in [6.45, 7) is 3.62. The van der Waals surface area contributed by atoms with Crippen molar-refractivity contribution in [2.24, 2.45) is 5.25 Å². The second-order valence-corrected chi connectivity index (χ2v) is 6.20. The molecule has 0 fully saturated rings. The van der Waals surface area contributed by atoms with E-state index in [-0.39, 0.29) is 0 Å². The van der Waals surface area contributed by atoms with Crippen LogP contribution in [0.1, 0.15) is 71.1 Å². The summed E-state index contributed by atoms with van der Waals surface area (Å²) in [6.07, 6.45) is 14.4. The van der Waals surface area contributed by atoms with Crippen molar-refractivity contribution in [3.8, 4) is 0 Å². The molecule has 2 N–H and O–H groups in total. The molecule has 0 saturated carbocycles. The molecule has 112 valence electrons. The topological polar surface area (TPSA) is 26.0 Å². The standard InChI is InChI=1S/C15H34N.ClH2N/c1-5-6-7-8-9-10-11-12-13-14-15-16(2,3)4;1-2/h5-15H2,1-4H3;2H2/q+1;. The first-order valence-electron chi connectivity index (χ1n) is 7.58. The van der Waals surface area contributed by atoms with Crippen molar-refractivity contribution in [1.82, 2.24) is 0 Å². The fraction of sp³-hybridized carbons (Fsp3) is 1.00. The van der Waals surface area contributed by atoms with Gasteiger partial charge in [-0.2, -0.15) is 0 Å². The summed E-state index contributed by atoms with van der Waals surface area (Å²) in [6, 6.07) is 0. The van der Waals surface area contributed by atoms with Crippen LogP contribution in [0.15, 0.2) is 0 Å². The number of rotatable bonds is 11. The molecule has 0 amide bonds. The Morgan fingerprint density at radius 2 is 1.00 bits per heavy atom. The first-order valence-corrected chi connectivity index (χ1v) is 8.02. The molecule has 0 spiro atoms. The summed E-state index contributed by atoms with van der Waals surface area (Å²) < 4.78 is 1.12. The van der Waals surface area contributed by atoms with Gasteiger partial charge in [0.2, 0.25) is 0 Å². The van der Waals surface area contributed by atoms with Gasteiger partial charge in [0.25, 0.3) is 0 Å². The number of unbranched alkanes of at least 4 members (excludes halogenated alkanes) is 9. The zero-order valence-corrected chi connectivity index (χ0v) is 13.9. The van der Waals surface area contributed by atoms with Gasteiger partial charge in [0.05, 0.1) is 27.7 Å². The molecule has 0 aromatic rings. The number of halogens is 1. The van der Waals surface area contributed by atoms with Crippen molar-refractivity contribution in [2.45, 2.75) is 71.1 Å². The number of hydrogen-bond donors (Lipinski definition) is 1. The number of quaternary nitrogens is 1. The summed E-state index contributed by atoms with van der Waals surface area (Å²) in [5.41, 5.74) is 0. The van der Waals surface area contributed by atoms with Crippen molar-refractivity contribution < 1.29 is 4.48 Å². The first-order chi connectivity index (χ1) is 8.56. The molecule has 0 aromatic heterocycles. The van der Waals surface area contributed by atoms with Crippen molar-refractivity contribution in [2.75, 3.05) is 27.7 Å². The van der Waals surface area contributed by atoms with E-state index in [0.717, 1.165) is 4.48 Å². The van der Waals surface area contributed by atoms with E-state index in [2.05, 4.69) is 45.1 Å². The van der Waals surface area contributed by atoms with Crippen molar-refractivity contribution in [3.63, 3.8) is 0 Å². The summed E-state index contributed by atoms with van der Waals surface area (Å²) in [4.78, 5) is 0. The van der Waals surface area contributed by atoms with Crippen LogP contribution >= 0.6 is 11.8 Å². The van der Waals surface area contributed by atoms with E-state index < -0.39 is 0 Å². The Morgan fingerprint density at radius 1 is 0.667 bits per heavy atom. The lowest BCUT2D eigenvalue weighted by molar-refractivity contribution is -0.870. The maximum absolute atomic E-state index is 4.14. The SMILES string of the molecule is CCCCCCCCCCCC[N+](C)(C)C.NCl. The Labute approximate surface area is 121 Å². The third kappa shape index (κ3) is 21.5. The van der Waals surface area contributed by atoms with Gasteiger partial charge in [-0.25, -0.2) is 5.25 Å². The second-order valence-electron chi connectivity index (χ2n) is 6.20. The monoisotopic (exact) mass is 279 g/mol. The summed E-state index contributed by atoms with van der Waals surface area (Å²) >= 11 is 4.14. The Morgan fingerprint density at radius 3 is 1.33 bits per heavy atom. The molecule has 0 saturated heterocycles. The van der Waals surface area contributed by atoms with Crippen molar-refractivity contribution >= 4 is 11.8 Å². The number of nitrogens with zero attached hydrogens (tertiary/aromatic N) is 1. The lowest BCUT2D eigenvalue weighted by Gasteiger charge is -2.23. The Bertz CT molecular complexity index is 144. The molecule has 0 bridgehead atoms. The van der Waals surface area contributed by atoms with E-state index in [1.165, 1.54) is 70.8 Å². The lowest BCUT2D eigenvalue weighted by Crippen LogP contribution is -2.35. The maximum atomic E-state index is 4.14. The van der Waals surface area contributed by atoms with Gasteiger partial charge in [-0.1, -0.05) is 58.3 Å². The van der Waals surface area contributed by atoms with Crippen LogP contribution in [0.25, 0.3) is 0 Å². The third-order valence-electron chi connectivity index (χ3n) is 3.18. The molecular formula is C15H36ClN2+. The predicted molar refractivity (Wildman–Crippen MR) is 84.8 cm³/mol. The van der Waals surface area contributed by atoms with E-state index in [0.29, 0.717) is 0 Å². The first kappa shape index (κ1) is 20.5. The van der Waals surface area contributed by atoms with Crippen molar-refractivity contribution in [3.05, 3.63) is 0 Å². The predicted octanol–water partition coefficient (Wildman–Crippen LogP) is 4.71. The molecule has 0 unspecified atom stereocenters. The molecule has 0 atom stereocenters. The normalized spacial score (nSPS) is 11.0. The van der Waals surface area contributed by atoms with Crippen LogP contribution < -0.4 is 5.25 Å². The number of nitrogens with two attached hydrogens (primary N) is 1. The fourth-order valence-electron chi connectivity index (χ4n) is 2.07. The average molecular weight is 280 g/mol. The van der Waals surface area contributed by atoms with E-state index in [9.17, 15) is 0 Å². The van der Waals surface area contributed by atoms with E-state index in [1.54, 1.807) is 0 Å². The van der Waals surface area contributed by atoms with Crippen LogP contribution in [0.5, 0.6) is 0 Å². The van der Waals surface area contributed by atoms with Gasteiger partial charge in [0.15, 0.2) is 0 Å². The van der Waals surface area contributed by atoms with Crippen LogP contribution in [0.4, 0.5) is 0 Å². The molecule has 0 heterocycles. The third-order valence-corrected chi connectivity index (χ3v) is 3.18. The van der Waals surface area contributed by atoms with Crippen LogP contribution in [-0.2, 0) is 0 Å². The van der Waals surface area contributed by atoms with Gasteiger partial charge >= 0.3 is 0 Å². The van der Waals surface area contributed by atoms with Crippen LogP contribution in [-0.4, -0.2) is 32.2 Å². The van der Waals surface area contributed by atoms with Gasteiger partial charge in [-0.3, -0.25) is 0 Å². The lowest BCUT2D eigenvalue weighted by atomic mass is 10.1. The second kappa shape index (κ2) is 15.3. The molecule has 0 aromatic carbocycles. The zero-order valence-electron chi connectivity index (χ0n) is 13.2. The van der Waals surface area contributed by atoms with Crippen LogP contribution in [0.2, 0.25) is 0 Å². The molecule has 0 aliphatic heterocycles. The zero-order chi connectivity index (χ0) is 14.3.